The van der Waals surface area contributed by atoms with E-state index in [0.29, 0.717) is 5.82 Å². The summed E-state index contributed by atoms with van der Waals surface area (Å²) in [6, 6.07) is 66.5. The molecule has 0 bridgehead atoms. The van der Waals surface area contributed by atoms with Crippen molar-refractivity contribution in [3.05, 3.63) is 188 Å². The molecule has 57 heavy (non-hydrogen) atoms. The van der Waals surface area contributed by atoms with Gasteiger partial charge in [-0.05, 0) is 83.9 Å². The number of hydrogen-bond acceptors (Lipinski definition) is 4. The Labute approximate surface area is 331 Å². The first-order valence-electron chi connectivity index (χ1n) is 19.1. The van der Waals surface area contributed by atoms with Gasteiger partial charge in [-0.3, -0.25) is 0 Å². The fourth-order valence-corrected chi connectivity index (χ4v) is 9.65. The summed E-state index contributed by atoms with van der Waals surface area (Å²) in [6.45, 7) is 0. The molecule has 4 aromatic heterocycles. The minimum atomic E-state index is 0.666. The number of rotatable bonds is 5. The fraction of sp³-hybridized carbons (Fsp3) is 0. The summed E-state index contributed by atoms with van der Waals surface area (Å²) < 4.78 is 11.3. The lowest BCUT2D eigenvalue weighted by Gasteiger charge is -2.12. The van der Waals surface area contributed by atoms with Gasteiger partial charge in [0.15, 0.2) is 5.82 Å². The maximum Gasteiger partial charge on any atom is 0.160 e. The molecule has 0 atom stereocenters. The van der Waals surface area contributed by atoms with Gasteiger partial charge in [0, 0.05) is 64.1 Å². The molecule has 0 saturated carbocycles. The highest BCUT2D eigenvalue weighted by molar-refractivity contribution is 7.26. The molecule has 0 saturated heterocycles. The van der Waals surface area contributed by atoms with Gasteiger partial charge < -0.3 is 8.98 Å². The second kappa shape index (κ2) is 12.6. The molecule has 0 aliphatic rings. The number of hydrogen-bond donors (Lipinski definition) is 0. The highest BCUT2D eigenvalue weighted by Crippen LogP contribution is 2.43. The van der Waals surface area contributed by atoms with Crippen molar-refractivity contribution in [3.63, 3.8) is 0 Å². The predicted molar refractivity (Wildman–Crippen MR) is 238 cm³/mol. The van der Waals surface area contributed by atoms with E-state index >= 15 is 0 Å². The van der Waals surface area contributed by atoms with E-state index in [1.165, 1.54) is 47.5 Å². The van der Waals surface area contributed by atoms with Crippen LogP contribution in [0.15, 0.2) is 192 Å². The maximum absolute atomic E-state index is 6.30. The van der Waals surface area contributed by atoms with Gasteiger partial charge in [-0.2, -0.15) is 0 Å². The van der Waals surface area contributed by atoms with Gasteiger partial charge in [-0.15, -0.1) is 11.3 Å². The third-order valence-electron chi connectivity index (χ3n) is 11.2. The molecular formula is C52H31N3OS. The Morgan fingerprint density at radius 3 is 1.86 bits per heavy atom. The van der Waals surface area contributed by atoms with Crippen LogP contribution in [0.25, 0.3) is 115 Å². The lowest BCUT2D eigenvalue weighted by Crippen LogP contribution is -1.97. The van der Waals surface area contributed by atoms with Crippen molar-refractivity contribution in [1.82, 2.24) is 14.5 Å². The molecule has 5 heteroatoms. The van der Waals surface area contributed by atoms with Crippen molar-refractivity contribution >= 4 is 75.3 Å². The van der Waals surface area contributed by atoms with Crippen LogP contribution in [0, 0.1) is 0 Å². The van der Waals surface area contributed by atoms with Crippen molar-refractivity contribution in [2.75, 3.05) is 0 Å². The van der Waals surface area contributed by atoms with Crippen molar-refractivity contribution in [2.24, 2.45) is 0 Å². The van der Waals surface area contributed by atoms with E-state index in [1.807, 2.05) is 35.6 Å². The highest BCUT2D eigenvalue weighted by atomic mass is 32.1. The summed E-state index contributed by atoms with van der Waals surface area (Å²) in [5, 5.41) is 7.39. The maximum atomic E-state index is 6.30. The Morgan fingerprint density at radius 2 is 1.02 bits per heavy atom. The largest absolute Gasteiger partial charge is 0.456 e. The normalized spacial score (nSPS) is 11.9. The zero-order valence-electron chi connectivity index (χ0n) is 30.6. The quantitative estimate of drug-likeness (QED) is 0.176. The summed E-state index contributed by atoms with van der Waals surface area (Å²) in [5.41, 5.74) is 12.2. The Kier molecular flexibility index (Phi) is 7.06. The molecule has 12 aromatic rings. The summed E-state index contributed by atoms with van der Waals surface area (Å²) in [5.74, 6) is 0.666. The van der Waals surface area contributed by atoms with Crippen molar-refractivity contribution in [3.8, 4) is 50.7 Å². The van der Waals surface area contributed by atoms with E-state index in [9.17, 15) is 0 Å². The van der Waals surface area contributed by atoms with Crippen molar-refractivity contribution in [1.29, 1.82) is 0 Å². The molecular weight excluding hydrogens is 715 g/mol. The minimum absolute atomic E-state index is 0.666. The van der Waals surface area contributed by atoms with Gasteiger partial charge in [-0.1, -0.05) is 115 Å². The summed E-state index contributed by atoms with van der Waals surface area (Å²) in [7, 11) is 0. The standard InChI is InChI=1S/C52H31N3OS/c1-2-10-32(11-3-1)33-18-20-34(21-19-33)42-31-43(36-24-27-39-38-12-5-8-16-46(38)56-47(39)30-36)54-52(53-42)35-22-25-37(26-23-35)55-44-15-7-4-13-40(44)50-45(55)28-29-49-51(50)41-14-6-9-17-48(41)57-49/h1-31H. The summed E-state index contributed by atoms with van der Waals surface area (Å²) in [4.78, 5) is 10.4. The van der Waals surface area contributed by atoms with Crippen LogP contribution in [0.5, 0.6) is 0 Å². The van der Waals surface area contributed by atoms with E-state index < -0.39 is 0 Å². The third-order valence-corrected chi connectivity index (χ3v) is 12.4. The average molecular weight is 746 g/mol. The summed E-state index contributed by atoms with van der Waals surface area (Å²) in [6.07, 6.45) is 0. The molecule has 0 spiro atoms. The number of fused-ring (bicyclic) bond motifs is 10. The van der Waals surface area contributed by atoms with Crippen LogP contribution in [0.1, 0.15) is 0 Å². The van der Waals surface area contributed by atoms with Gasteiger partial charge in [0.1, 0.15) is 11.2 Å². The molecule has 0 aliphatic heterocycles. The predicted octanol–water partition coefficient (Wildman–Crippen LogP) is 14.5. The molecule has 4 heterocycles. The molecule has 4 nitrogen and oxygen atoms in total. The zero-order chi connectivity index (χ0) is 37.5. The van der Waals surface area contributed by atoms with Crippen molar-refractivity contribution < 1.29 is 4.42 Å². The van der Waals surface area contributed by atoms with Gasteiger partial charge in [-0.25, -0.2) is 9.97 Å². The smallest absolute Gasteiger partial charge is 0.160 e. The minimum Gasteiger partial charge on any atom is -0.456 e. The van der Waals surface area contributed by atoms with E-state index in [1.54, 1.807) is 0 Å². The molecule has 0 radical (unpaired) electrons. The van der Waals surface area contributed by atoms with Crippen LogP contribution in [0.2, 0.25) is 0 Å². The fourth-order valence-electron chi connectivity index (χ4n) is 8.53. The molecule has 0 aliphatic carbocycles. The third kappa shape index (κ3) is 5.13. The Balaban J connectivity index is 1.00. The Morgan fingerprint density at radius 1 is 0.386 bits per heavy atom. The van der Waals surface area contributed by atoms with Crippen molar-refractivity contribution in [2.45, 2.75) is 0 Å². The number of thiophene rings is 1. The first-order valence-corrected chi connectivity index (χ1v) is 20.0. The lowest BCUT2D eigenvalue weighted by atomic mass is 10.0. The van der Waals surface area contributed by atoms with Gasteiger partial charge in [0.25, 0.3) is 0 Å². The molecule has 0 fully saturated rings. The van der Waals surface area contributed by atoms with Crippen LogP contribution in [0.4, 0.5) is 0 Å². The van der Waals surface area contributed by atoms with E-state index in [0.717, 1.165) is 61.3 Å². The first-order chi connectivity index (χ1) is 28.2. The number of nitrogens with zero attached hydrogens (tertiary/aromatic N) is 3. The molecule has 0 amide bonds. The van der Waals surface area contributed by atoms with Crippen LogP contribution >= 0.6 is 11.3 Å². The summed E-state index contributed by atoms with van der Waals surface area (Å²) >= 11 is 1.86. The Bertz CT molecular complexity index is 3500. The monoisotopic (exact) mass is 745 g/mol. The van der Waals surface area contributed by atoms with E-state index in [-0.39, 0.29) is 0 Å². The van der Waals surface area contributed by atoms with Crippen LogP contribution < -0.4 is 0 Å². The molecule has 0 unspecified atom stereocenters. The second-order valence-corrected chi connectivity index (χ2v) is 15.6. The van der Waals surface area contributed by atoms with Gasteiger partial charge in [0.2, 0.25) is 0 Å². The second-order valence-electron chi connectivity index (χ2n) is 14.5. The number of benzene rings is 8. The molecule has 266 valence electrons. The molecule has 12 rings (SSSR count). The van der Waals surface area contributed by atoms with Gasteiger partial charge in [0.05, 0.1) is 22.4 Å². The molecule has 0 N–H and O–H groups in total. The number of furan rings is 1. The van der Waals surface area contributed by atoms with E-state index in [4.69, 9.17) is 14.4 Å². The van der Waals surface area contributed by atoms with Gasteiger partial charge >= 0.3 is 0 Å². The average Bonchev–Trinajstić information content (AvgIpc) is 3.96. The topological polar surface area (TPSA) is 43.9 Å². The Hall–Kier alpha value is -7.34. The SMILES string of the molecule is c1ccc(-c2ccc(-c3cc(-c4ccc5c(c4)oc4ccccc45)nc(-c4ccc(-n5c6ccccc6c6c7c(ccc65)sc5ccccc57)cc4)n3)cc2)cc1. The van der Waals surface area contributed by atoms with Crippen LogP contribution in [-0.2, 0) is 0 Å². The zero-order valence-corrected chi connectivity index (χ0v) is 31.4. The van der Waals surface area contributed by atoms with Crippen LogP contribution in [-0.4, -0.2) is 14.5 Å². The lowest BCUT2D eigenvalue weighted by molar-refractivity contribution is 0.669. The van der Waals surface area contributed by atoms with E-state index in [2.05, 4.69) is 168 Å². The number of aromatic nitrogens is 3. The first kappa shape index (κ1) is 32.0. The number of para-hydroxylation sites is 2. The highest BCUT2D eigenvalue weighted by Gasteiger charge is 2.19. The molecule has 8 aromatic carbocycles. The van der Waals surface area contributed by atoms with Crippen LogP contribution in [0.3, 0.4) is 0 Å².